The summed E-state index contributed by atoms with van der Waals surface area (Å²) in [6.45, 7) is 0. The van der Waals surface area contributed by atoms with E-state index in [0.717, 1.165) is 0 Å². The van der Waals surface area contributed by atoms with Crippen molar-refractivity contribution >= 4 is 11.8 Å². The van der Waals surface area contributed by atoms with Crippen molar-refractivity contribution in [2.45, 2.75) is 12.8 Å². The quantitative estimate of drug-likeness (QED) is 0.522. The Morgan fingerprint density at radius 1 is 1.73 bits per heavy atom. The number of carbonyl (C=O) groups excluding carboxylic acids is 2. The zero-order chi connectivity index (χ0) is 8.27. The number of rotatable bonds is 1. The number of esters is 1. The van der Waals surface area contributed by atoms with Gasteiger partial charge in [0.05, 0.1) is 13.0 Å². The van der Waals surface area contributed by atoms with Gasteiger partial charge in [-0.05, 0) is 12.5 Å². The third-order valence-corrected chi connectivity index (χ3v) is 1.72. The van der Waals surface area contributed by atoms with E-state index in [1.807, 2.05) is 0 Å². The second kappa shape index (κ2) is 3.32. The topological polar surface area (TPSA) is 43.4 Å². The van der Waals surface area contributed by atoms with Gasteiger partial charge in [0.2, 0.25) is 0 Å². The number of carbonyl (C=O) groups is 2. The van der Waals surface area contributed by atoms with Crippen LogP contribution < -0.4 is 0 Å². The zero-order valence-electron chi connectivity index (χ0n) is 6.37. The largest absolute Gasteiger partial charge is 0.469 e. The van der Waals surface area contributed by atoms with Crippen molar-refractivity contribution in [1.82, 2.24) is 0 Å². The molecule has 1 atom stereocenters. The number of ketones is 1. The number of methoxy groups -OCH3 is 1. The molecule has 0 saturated carbocycles. The molecule has 0 aliphatic heterocycles. The highest BCUT2D eigenvalue weighted by atomic mass is 16.5. The molecule has 0 amide bonds. The van der Waals surface area contributed by atoms with Gasteiger partial charge in [-0.15, -0.1) is 0 Å². The van der Waals surface area contributed by atoms with Gasteiger partial charge >= 0.3 is 5.97 Å². The lowest BCUT2D eigenvalue weighted by atomic mass is 9.95. The molecule has 0 aromatic heterocycles. The average Bonchev–Trinajstić information content (AvgIpc) is 2.05. The van der Waals surface area contributed by atoms with E-state index < -0.39 is 0 Å². The first-order valence-corrected chi connectivity index (χ1v) is 3.53. The van der Waals surface area contributed by atoms with Crippen LogP contribution in [0.2, 0.25) is 0 Å². The van der Waals surface area contributed by atoms with Crippen LogP contribution in [0.1, 0.15) is 12.8 Å². The van der Waals surface area contributed by atoms with E-state index in [4.69, 9.17) is 0 Å². The van der Waals surface area contributed by atoms with E-state index in [1.54, 1.807) is 6.08 Å². The molecule has 1 aliphatic carbocycles. The Hall–Kier alpha value is -1.12. The van der Waals surface area contributed by atoms with Crippen LogP contribution in [-0.2, 0) is 14.3 Å². The summed E-state index contributed by atoms with van der Waals surface area (Å²) in [5.41, 5.74) is 0. The third kappa shape index (κ3) is 1.90. The second-order valence-corrected chi connectivity index (χ2v) is 2.49. The van der Waals surface area contributed by atoms with Crippen molar-refractivity contribution in [2.75, 3.05) is 7.11 Å². The summed E-state index contributed by atoms with van der Waals surface area (Å²) >= 11 is 0. The van der Waals surface area contributed by atoms with Crippen LogP contribution in [0, 0.1) is 5.92 Å². The van der Waals surface area contributed by atoms with Crippen LogP contribution in [0.15, 0.2) is 12.2 Å². The number of hydrogen-bond acceptors (Lipinski definition) is 3. The van der Waals surface area contributed by atoms with Crippen molar-refractivity contribution in [1.29, 1.82) is 0 Å². The highest BCUT2D eigenvalue weighted by Crippen LogP contribution is 2.15. The van der Waals surface area contributed by atoms with Crippen LogP contribution in [0.3, 0.4) is 0 Å². The van der Waals surface area contributed by atoms with E-state index >= 15 is 0 Å². The molecule has 0 bridgehead atoms. The standard InChI is InChI=1S/C8H10O3/c1-11-8(10)6-2-4-7(9)5-3-6/h2,4,6H,3,5H2,1H3/t6-/m0/s1. The van der Waals surface area contributed by atoms with Gasteiger partial charge in [-0.25, -0.2) is 0 Å². The Kier molecular flexibility index (Phi) is 2.41. The van der Waals surface area contributed by atoms with Gasteiger partial charge in [0.1, 0.15) is 0 Å². The highest BCUT2D eigenvalue weighted by molar-refractivity contribution is 5.92. The summed E-state index contributed by atoms with van der Waals surface area (Å²) in [6, 6.07) is 0. The molecule has 3 heteroatoms. The van der Waals surface area contributed by atoms with Gasteiger partial charge in [0.25, 0.3) is 0 Å². The summed E-state index contributed by atoms with van der Waals surface area (Å²) in [5.74, 6) is -0.378. The maximum absolute atomic E-state index is 10.9. The van der Waals surface area contributed by atoms with E-state index in [2.05, 4.69) is 4.74 Å². The van der Waals surface area contributed by atoms with E-state index in [1.165, 1.54) is 13.2 Å². The van der Waals surface area contributed by atoms with Crippen molar-refractivity contribution in [3.05, 3.63) is 12.2 Å². The zero-order valence-corrected chi connectivity index (χ0v) is 6.37. The summed E-state index contributed by atoms with van der Waals surface area (Å²) in [5, 5.41) is 0. The molecule has 0 heterocycles. The predicted octanol–water partition coefficient (Wildman–Crippen LogP) is 0.695. The van der Waals surface area contributed by atoms with Gasteiger partial charge in [-0.2, -0.15) is 0 Å². The van der Waals surface area contributed by atoms with Gasteiger partial charge in [0.15, 0.2) is 5.78 Å². The van der Waals surface area contributed by atoms with E-state index in [0.29, 0.717) is 12.8 Å². The SMILES string of the molecule is COC(=O)[C@H]1C=CC(=O)CC1. The molecule has 0 aromatic carbocycles. The Labute approximate surface area is 65.0 Å². The molecule has 11 heavy (non-hydrogen) atoms. The molecule has 0 saturated heterocycles. The molecule has 60 valence electrons. The molecular formula is C8H10O3. The lowest BCUT2D eigenvalue weighted by molar-refractivity contribution is -0.144. The van der Waals surface area contributed by atoms with Gasteiger partial charge in [-0.1, -0.05) is 6.08 Å². The fourth-order valence-corrected chi connectivity index (χ4v) is 1.05. The molecule has 0 N–H and O–H groups in total. The van der Waals surface area contributed by atoms with Crippen LogP contribution in [0.25, 0.3) is 0 Å². The molecule has 0 radical (unpaired) electrons. The molecule has 3 nitrogen and oxygen atoms in total. The van der Waals surface area contributed by atoms with Gasteiger partial charge < -0.3 is 4.74 Å². The average molecular weight is 154 g/mol. The number of allylic oxidation sites excluding steroid dienone is 1. The Balaban J connectivity index is 2.57. The van der Waals surface area contributed by atoms with Crippen LogP contribution in [0.4, 0.5) is 0 Å². The molecule has 0 fully saturated rings. The fourth-order valence-electron chi connectivity index (χ4n) is 1.05. The van der Waals surface area contributed by atoms with Gasteiger partial charge in [0, 0.05) is 6.42 Å². The highest BCUT2D eigenvalue weighted by Gasteiger charge is 2.20. The summed E-state index contributed by atoms with van der Waals surface area (Å²) in [6.07, 6.45) is 4.10. The minimum atomic E-state index is -0.256. The first-order valence-electron chi connectivity index (χ1n) is 3.53. The van der Waals surface area contributed by atoms with Crippen LogP contribution in [-0.4, -0.2) is 18.9 Å². The maximum atomic E-state index is 10.9. The second-order valence-electron chi connectivity index (χ2n) is 2.49. The molecule has 0 unspecified atom stereocenters. The van der Waals surface area contributed by atoms with Crippen LogP contribution in [0.5, 0.6) is 0 Å². The molecular weight excluding hydrogens is 144 g/mol. The van der Waals surface area contributed by atoms with E-state index in [-0.39, 0.29) is 17.7 Å². The predicted molar refractivity (Wildman–Crippen MR) is 38.9 cm³/mol. The Morgan fingerprint density at radius 2 is 2.45 bits per heavy atom. The van der Waals surface area contributed by atoms with Crippen molar-refractivity contribution < 1.29 is 14.3 Å². The molecule has 0 aromatic rings. The minimum absolute atomic E-state index is 0.0881. The van der Waals surface area contributed by atoms with Crippen molar-refractivity contribution in [3.63, 3.8) is 0 Å². The van der Waals surface area contributed by atoms with Gasteiger partial charge in [-0.3, -0.25) is 9.59 Å². The summed E-state index contributed by atoms with van der Waals surface area (Å²) < 4.78 is 4.52. The minimum Gasteiger partial charge on any atom is -0.469 e. The number of hydrogen-bond donors (Lipinski definition) is 0. The monoisotopic (exact) mass is 154 g/mol. The van der Waals surface area contributed by atoms with Crippen molar-refractivity contribution in [2.24, 2.45) is 5.92 Å². The molecule has 1 rings (SSSR count). The molecule has 1 aliphatic rings. The summed E-state index contributed by atoms with van der Waals surface area (Å²) in [7, 11) is 1.35. The Bertz CT molecular complexity index is 205. The summed E-state index contributed by atoms with van der Waals surface area (Å²) in [4.78, 5) is 21.6. The normalized spacial score (nSPS) is 23.4. The Morgan fingerprint density at radius 3 is 2.91 bits per heavy atom. The first kappa shape index (κ1) is 7.98. The lowest BCUT2D eigenvalue weighted by Gasteiger charge is -2.12. The molecule has 0 spiro atoms. The fraction of sp³-hybridized carbons (Fsp3) is 0.500. The lowest BCUT2D eigenvalue weighted by Crippen LogP contribution is -2.18. The smallest absolute Gasteiger partial charge is 0.312 e. The van der Waals surface area contributed by atoms with Crippen LogP contribution >= 0.6 is 0 Å². The van der Waals surface area contributed by atoms with E-state index in [9.17, 15) is 9.59 Å². The third-order valence-electron chi connectivity index (χ3n) is 1.72. The number of ether oxygens (including phenoxy) is 1. The first-order chi connectivity index (χ1) is 5.24. The maximum Gasteiger partial charge on any atom is 0.312 e. The van der Waals surface area contributed by atoms with Crippen molar-refractivity contribution in [3.8, 4) is 0 Å².